The van der Waals surface area contributed by atoms with Crippen molar-refractivity contribution in [2.24, 2.45) is 11.8 Å². The zero-order valence-corrected chi connectivity index (χ0v) is 11.2. The first-order chi connectivity index (χ1) is 8.32. The Labute approximate surface area is 107 Å². The van der Waals surface area contributed by atoms with Gasteiger partial charge in [-0.25, -0.2) is 12.8 Å². The molecule has 1 aliphatic rings. The van der Waals surface area contributed by atoms with Crippen LogP contribution < -0.4 is 5.73 Å². The van der Waals surface area contributed by atoms with Crippen molar-refractivity contribution in [1.29, 1.82) is 0 Å². The maximum absolute atomic E-state index is 13.1. The summed E-state index contributed by atoms with van der Waals surface area (Å²) in [4.78, 5) is 0.0581. The number of benzene rings is 1. The van der Waals surface area contributed by atoms with E-state index < -0.39 is 15.8 Å². The lowest BCUT2D eigenvalue weighted by Crippen LogP contribution is -2.29. The minimum absolute atomic E-state index is 0.0581. The van der Waals surface area contributed by atoms with Crippen LogP contribution in [0.15, 0.2) is 23.1 Å². The third-order valence-electron chi connectivity index (χ3n) is 3.56. The van der Waals surface area contributed by atoms with Crippen LogP contribution in [0.4, 0.5) is 10.1 Å². The van der Waals surface area contributed by atoms with Gasteiger partial charge >= 0.3 is 0 Å². The molecule has 1 aromatic rings. The molecule has 1 heterocycles. The smallest absolute Gasteiger partial charge is 0.243 e. The van der Waals surface area contributed by atoms with Gasteiger partial charge in [-0.3, -0.25) is 0 Å². The number of anilines is 1. The summed E-state index contributed by atoms with van der Waals surface area (Å²) in [7, 11) is -3.56. The Morgan fingerprint density at radius 3 is 2.33 bits per heavy atom. The number of hydrogen-bond acceptors (Lipinski definition) is 3. The minimum Gasteiger partial charge on any atom is -0.396 e. The molecule has 0 spiro atoms. The van der Waals surface area contributed by atoms with Crippen LogP contribution in [-0.2, 0) is 10.0 Å². The van der Waals surface area contributed by atoms with E-state index in [0.29, 0.717) is 24.9 Å². The van der Waals surface area contributed by atoms with E-state index in [2.05, 4.69) is 0 Å². The predicted molar refractivity (Wildman–Crippen MR) is 67.9 cm³/mol. The van der Waals surface area contributed by atoms with Gasteiger partial charge in [0.1, 0.15) is 5.82 Å². The molecular formula is C12H17FN2O2S. The Bertz CT molecular complexity index is 549. The summed E-state index contributed by atoms with van der Waals surface area (Å²) in [5.74, 6) is 0.0623. The second-order valence-electron chi connectivity index (χ2n) is 4.96. The molecule has 1 aromatic carbocycles. The van der Waals surface area contributed by atoms with Crippen molar-refractivity contribution < 1.29 is 12.8 Å². The fourth-order valence-corrected chi connectivity index (χ4v) is 3.78. The molecule has 100 valence electrons. The lowest BCUT2D eigenvalue weighted by atomic mass is 10.0. The zero-order chi connectivity index (χ0) is 13.5. The Balaban J connectivity index is 2.34. The fraction of sp³-hybridized carbons (Fsp3) is 0.500. The molecule has 4 nitrogen and oxygen atoms in total. The molecule has 0 amide bonds. The molecule has 2 N–H and O–H groups in total. The van der Waals surface area contributed by atoms with E-state index in [1.165, 1.54) is 16.4 Å². The molecule has 2 rings (SSSR count). The third kappa shape index (κ3) is 2.22. The quantitative estimate of drug-likeness (QED) is 0.833. The van der Waals surface area contributed by atoms with Crippen molar-refractivity contribution in [3.63, 3.8) is 0 Å². The van der Waals surface area contributed by atoms with Crippen LogP contribution in [0.2, 0.25) is 0 Å². The fourth-order valence-electron chi connectivity index (χ4n) is 2.10. The van der Waals surface area contributed by atoms with Crippen molar-refractivity contribution in [3.05, 3.63) is 24.0 Å². The lowest BCUT2D eigenvalue weighted by Gasteiger charge is -2.16. The summed E-state index contributed by atoms with van der Waals surface area (Å²) in [6.45, 7) is 5.06. The highest BCUT2D eigenvalue weighted by molar-refractivity contribution is 7.89. The first-order valence-electron chi connectivity index (χ1n) is 5.87. The summed E-state index contributed by atoms with van der Waals surface area (Å²) < 4.78 is 39.2. The molecule has 0 aromatic heterocycles. The maximum Gasteiger partial charge on any atom is 0.243 e. The van der Waals surface area contributed by atoms with Gasteiger partial charge in [-0.2, -0.15) is 4.31 Å². The van der Waals surface area contributed by atoms with Gasteiger partial charge in [0.25, 0.3) is 0 Å². The Kier molecular flexibility index (Phi) is 3.33. The Hall–Kier alpha value is -1.14. The van der Waals surface area contributed by atoms with Crippen molar-refractivity contribution in [2.75, 3.05) is 18.8 Å². The summed E-state index contributed by atoms with van der Waals surface area (Å²) in [6, 6.07) is 3.53. The first-order valence-corrected chi connectivity index (χ1v) is 7.31. The van der Waals surface area contributed by atoms with Crippen molar-refractivity contribution in [2.45, 2.75) is 18.7 Å². The highest BCUT2D eigenvalue weighted by Crippen LogP contribution is 2.28. The van der Waals surface area contributed by atoms with Crippen LogP contribution in [0.5, 0.6) is 0 Å². The Morgan fingerprint density at radius 1 is 1.28 bits per heavy atom. The van der Waals surface area contributed by atoms with E-state index in [9.17, 15) is 12.8 Å². The van der Waals surface area contributed by atoms with Crippen LogP contribution in [0.1, 0.15) is 13.8 Å². The third-order valence-corrected chi connectivity index (χ3v) is 5.39. The number of halogens is 1. The number of nitrogen functional groups attached to an aromatic ring is 1. The van der Waals surface area contributed by atoms with Crippen LogP contribution in [0, 0.1) is 17.7 Å². The molecule has 6 heteroatoms. The van der Waals surface area contributed by atoms with E-state index >= 15 is 0 Å². The molecule has 0 radical (unpaired) electrons. The van der Waals surface area contributed by atoms with Gasteiger partial charge in [-0.1, -0.05) is 13.8 Å². The lowest BCUT2D eigenvalue weighted by molar-refractivity contribution is 0.463. The van der Waals surface area contributed by atoms with Gasteiger partial charge in [0.2, 0.25) is 10.0 Å². The van der Waals surface area contributed by atoms with Gasteiger partial charge in [0.05, 0.1) is 10.6 Å². The molecule has 18 heavy (non-hydrogen) atoms. The van der Waals surface area contributed by atoms with E-state index in [1.807, 2.05) is 13.8 Å². The Morgan fingerprint density at radius 2 is 1.83 bits per heavy atom. The number of sulfonamides is 1. The van der Waals surface area contributed by atoms with Crippen molar-refractivity contribution >= 4 is 15.7 Å². The second-order valence-corrected chi connectivity index (χ2v) is 6.90. The molecule has 1 aliphatic heterocycles. The van der Waals surface area contributed by atoms with Crippen molar-refractivity contribution in [3.8, 4) is 0 Å². The zero-order valence-electron chi connectivity index (χ0n) is 10.4. The molecule has 1 saturated heterocycles. The summed E-state index contributed by atoms with van der Waals surface area (Å²) in [5, 5.41) is 0. The highest BCUT2D eigenvalue weighted by Gasteiger charge is 2.35. The van der Waals surface area contributed by atoms with Crippen LogP contribution in [0.25, 0.3) is 0 Å². The standard InChI is InChI=1S/C12H17FN2O2S/c1-8-6-15(7-9(8)2)18(16,17)10-3-4-11(13)12(14)5-10/h3-5,8-9H,6-7,14H2,1-2H3. The van der Waals surface area contributed by atoms with Crippen LogP contribution in [-0.4, -0.2) is 25.8 Å². The molecule has 2 atom stereocenters. The van der Waals surface area contributed by atoms with Gasteiger partial charge in [0, 0.05) is 13.1 Å². The maximum atomic E-state index is 13.1. The van der Waals surface area contributed by atoms with Gasteiger partial charge < -0.3 is 5.73 Å². The summed E-state index contributed by atoms with van der Waals surface area (Å²) >= 11 is 0. The average molecular weight is 272 g/mol. The molecule has 1 fully saturated rings. The van der Waals surface area contributed by atoms with Crippen LogP contribution in [0.3, 0.4) is 0 Å². The van der Waals surface area contributed by atoms with Crippen molar-refractivity contribution in [1.82, 2.24) is 4.31 Å². The normalized spacial score (nSPS) is 25.5. The molecular weight excluding hydrogens is 255 g/mol. The van der Waals surface area contributed by atoms with E-state index in [0.717, 1.165) is 6.07 Å². The number of rotatable bonds is 2. The summed E-state index contributed by atoms with van der Waals surface area (Å²) in [5.41, 5.74) is 5.27. The highest BCUT2D eigenvalue weighted by atomic mass is 32.2. The predicted octanol–water partition coefficient (Wildman–Crippen LogP) is 1.68. The molecule has 0 saturated carbocycles. The largest absolute Gasteiger partial charge is 0.396 e. The van der Waals surface area contributed by atoms with Gasteiger partial charge in [0.15, 0.2) is 0 Å². The van der Waals surface area contributed by atoms with E-state index in [4.69, 9.17) is 5.73 Å². The molecule has 0 bridgehead atoms. The average Bonchev–Trinajstić information content (AvgIpc) is 2.64. The first kappa shape index (κ1) is 13.3. The molecule has 0 aliphatic carbocycles. The SMILES string of the molecule is CC1CN(S(=O)(=O)c2ccc(F)c(N)c2)CC1C. The van der Waals surface area contributed by atoms with E-state index in [1.54, 1.807) is 0 Å². The number of hydrogen-bond donors (Lipinski definition) is 1. The van der Waals surface area contributed by atoms with E-state index in [-0.39, 0.29) is 10.6 Å². The monoisotopic (exact) mass is 272 g/mol. The number of nitrogens with zero attached hydrogens (tertiary/aromatic N) is 1. The van der Waals surface area contributed by atoms with Gasteiger partial charge in [-0.15, -0.1) is 0 Å². The topological polar surface area (TPSA) is 63.4 Å². The summed E-state index contributed by atoms with van der Waals surface area (Å²) in [6.07, 6.45) is 0. The minimum atomic E-state index is -3.56. The second kappa shape index (κ2) is 4.51. The van der Waals surface area contributed by atoms with Crippen LogP contribution >= 0.6 is 0 Å². The molecule has 2 unspecified atom stereocenters. The number of nitrogens with two attached hydrogens (primary N) is 1. The van der Waals surface area contributed by atoms with Gasteiger partial charge in [-0.05, 0) is 30.0 Å².